The predicted octanol–water partition coefficient (Wildman–Crippen LogP) is 2.63. The third kappa shape index (κ3) is 5.14. The van der Waals surface area contributed by atoms with Crippen molar-refractivity contribution in [1.82, 2.24) is 5.32 Å². The Morgan fingerprint density at radius 2 is 1.85 bits per heavy atom. The van der Waals surface area contributed by atoms with Crippen molar-refractivity contribution in [2.24, 2.45) is 11.8 Å². The Morgan fingerprint density at radius 3 is 2.46 bits per heavy atom. The van der Waals surface area contributed by atoms with E-state index in [2.05, 4.69) is 5.32 Å². The zero-order valence-corrected chi connectivity index (χ0v) is 15.3. The van der Waals surface area contributed by atoms with Crippen LogP contribution in [0.25, 0.3) is 0 Å². The fourth-order valence-electron chi connectivity index (χ4n) is 3.50. The number of aliphatic hydroxyl groups is 1. The molecule has 26 heavy (non-hydrogen) atoms. The maximum Gasteiger partial charge on any atom is 0.408 e. The quantitative estimate of drug-likeness (QED) is 0.742. The zero-order valence-electron chi connectivity index (χ0n) is 15.3. The molecule has 4 unspecified atom stereocenters. The van der Waals surface area contributed by atoms with Gasteiger partial charge in [0.05, 0.1) is 6.10 Å². The maximum absolute atomic E-state index is 12.8. The second-order valence-electron chi connectivity index (χ2n) is 6.79. The molecule has 0 saturated heterocycles. The van der Waals surface area contributed by atoms with Crippen LogP contribution in [0.4, 0.5) is 4.79 Å². The van der Waals surface area contributed by atoms with E-state index in [4.69, 9.17) is 4.74 Å². The Labute approximate surface area is 153 Å². The number of aliphatic hydroxyl groups excluding tert-OH is 1. The molecular weight excluding hydrogens is 334 g/mol. The standard InChI is InChI=1S/C20H27NO5/c1-3-17(23)15-10-7-11-16(15)19(24)18(13(2)22)21-20(25)26-12-14-8-5-4-6-9-14/h4-6,8-9,13,15-16,18,22H,3,7,10-12H2,1-2H3,(H,21,25). The lowest BCUT2D eigenvalue weighted by atomic mass is 9.84. The van der Waals surface area contributed by atoms with Gasteiger partial charge in [-0.05, 0) is 25.3 Å². The third-order valence-electron chi connectivity index (χ3n) is 4.92. The molecule has 6 heteroatoms. The van der Waals surface area contributed by atoms with Crippen LogP contribution in [0.2, 0.25) is 0 Å². The minimum atomic E-state index is -1.08. The molecule has 1 aromatic rings. The van der Waals surface area contributed by atoms with Gasteiger partial charge in [0.1, 0.15) is 18.4 Å². The molecule has 0 bridgehead atoms. The summed E-state index contributed by atoms with van der Waals surface area (Å²) in [7, 11) is 0. The van der Waals surface area contributed by atoms with Gasteiger partial charge in [0, 0.05) is 18.3 Å². The molecular formula is C20H27NO5. The number of ketones is 2. The van der Waals surface area contributed by atoms with Gasteiger partial charge in [-0.1, -0.05) is 43.7 Å². The van der Waals surface area contributed by atoms with Gasteiger partial charge in [-0.15, -0.1) is 0 Å². The number of benzene rings is 1. The van der Waals surface area contributed by atoms with Crippen LogP contribution in [0.1, 0.15) is 45.1 Å². The summed E-state index contributed by atoms with van der Waals surface area (Å²) in [5.74, 6) is -0.981. The van der Waals surface area contributed by atoms with Crippen LogP contribution < -0.4 is 5.32 Å². The van der Waals surface area contributed by atoms with Crippen LogP contribution in [0.15, 0.2) is 30.3 Å². The average Bonchev–Trinajstić information content (AvgIpc) is 3.13. The first-order valence-corrected chi connectivity index (χ1v) is 9.15. The van der Waals surface area contributed by atoms with Gasteiger partial charge in [-0.3, -0.25) is 9.59 Å². The molecule has 1 aliphatic rings. The third-order valence-corrected chi connectivity index (χ3v) is 4.92. The largest absolute Gasteiger partial charge is 0.445 e. The van der Waals surface area contributed by atoms with Crippen molar-refractivity contribution < 1.29 is 24.2 Å². The van der Waals surface area contributed by atoms with E-state index < -0.39 is 24.2 Å². The number of nitrogens with one attached hydrogen (secondary N) is 1. The number of hydrogen-bond acceptors (Lipinski definition) is 5. The number of hydrogen-bond donors (Lipinski definition) is 2. The van der Waals surface area contributed by atoms with E-state index in [1.54, 1.807) is 6.92 Å². The van der Waals surface area contributed by atoms with E-state index in [9.17, 15) is 19.5 Å². The topological polar surface area (TPSA) is 92.7 Å². The summed E-state index contributed by atoms with van der Waals surface area (Å²) in [6.07, 6.45) is 0.667. The SMILES string of the molecule is CCC(=O)C1CCCC1C(=O)C(NC(=O)OCc1ccccc1)C(C)O. The number of ether oxygens (including phenoxy) is 1. The Bertz CT molecular complexity index is 628. The molecule has 1 amide bonds. The van der Waals surface area contributed by atoms with Crippen molar-refractivity contribution in [2.45, 2.75) is 58.3 Å². The first kappa shape index (κ1) is 20.1. The number of amides is 1. The van der Waals surface area contributed by atoms with Gasteiger partial charge in [0.15, 0.2) is 5.78 Å². The molecule has 1 saturated carbocycles. The second-order valence-corrected chi connectivity index (χ2v) is 6.79. The molecule has 2 N–H and O–H groups in total. The van der Waals surface area contributed by atoms with Crippen molar-refractivity contribution in [3.05, 3.63) is 35.9 Å². The molecule has 0 spiro atoms. The van der Waals surface area contributed by atoms with Crippen LogP contribution in [-0.4, -0.2) is 34.9 Å². The van der Waals surface area contributed by atoms with Gasteiger partial charge in [0.2, 0.25) is 0 Å². The minimum absolute atomic E-state index is 0.0665. The smallest absolute Gasteiger partial charge is 0.408 e. The van der Waals surface area contributed by atoms with E-state index in [0.29, 0.717) is 19.3 Å². The van der Waals surface area contributed by atoms with Crippen LogP contribution in [0, 0.1) is 11.8 Å². The van der Waals surface area contributed by atoms with Crippen LogP contribution in [-0.2, 0) is 20.9 Å². The van der Waals surface area contributed by atoms with Crippen molar-refractivity contribution in [3.63, 3.8) is 0 Å². The molecule has 1 aromatic carbocycles. The predicted molar refractivity (Wildman–Crippen MR) is 96.4 cm³/mol. The molecule has 4 atom stereocenters. The van der Waals surface area contributed by atoms with E-state index in [-0.39, 0.29) is 24.1 Å². The van der Waals surface area contributed by atoms with E-state index >= 15 is 0 Å². The molecule has 0 radical (unpaired) electrons. The number of alkyl carbamates (subject to hydrolysis) is 1. The molecule has 142 valence electrons. The maximum atomic E-state index is 12.8. The highest BCUT2D eigenvalue weighted by molar-refractivity contribution is 5.94. The molecule has 6 nitrogen and oxygen atoms in total. The van der Waals surface area contributed by atoms with Gasteiger partial charge in [0.25, 0.3) is 0 Å². The van der Waals surface area contributed by atoms with Crippen LogP contribution in [0.3, 0.4) is 0 Å². The van der Waals surface area contributed by atoms with E-state index in [1.807, 2.05) is 30.3 Å². The van der Waals surface area contributed by atoms with Crippen molar-refractivity contribution in [3.8, 4) is 0 Å². The van der Waals surface area contributed by atoms with Gasteiger partial charge < -0.3 is 15.2 Å². The Kier molecular flexibility index (Phi) is 7.33. The van der Waals surface area contributed by atoms with Gasteiger partial charge in [-0.2, -0.15) is 0 Å². The molecule has 0 aliphatic heterocycles. The summed E-state index contributed by atoms with van der Waals surface area (Å²) in [6.45, 7) is 3.31. The Morgan fingerprint density at radius 1 is 1.19 bits per heavy atom. The first-order chi connectivity index (χ1) is 12.4. The highest BCUT2D eigenvalue weighted by atomic mass is 16.5. The Balaban J connectivity index is 1.97. The van der Waals surface area contributed by atoms with Crippen LogP contribution in [0.5, 0.6) is 0 Å². The zero-order chi connectivity index (χ0) is 19.1. The minimum Gasteiger partial charge on any atom is -0.445 e. The number of rotatable bonds is 8. The number of carbonyl (C=O) groups is 3. The summed E-state index contributed by atoms with van der Waals surface area (Å²) in [6, 6.07) is 8.11. The first-order valence-electron chi connectivity index (χ1n) is 9.15. The highest BCUT2D eigenvalue weighted by Crippen LogP contribution is 2.34. The van der Waals surface area contributed by atoms with E-state index in [1.165, 1.54) is 6.92 Å². The fourth-order valence-corrected chi connectivity index (χ4v) is 3.50. The lowest BCUT2D eigenvalue weighted by Gasteiger charge is -2.25. The fraction of sp³-hybridized carbons (Fsp3) is 0.550. The summed E-state index contributed by atoms with van der Waals surface area (Å²) < 4.78 is 5.14. The summed E-state index contributed by atoms with van der Waals surface area (Å²) in [5.41, 5.74) is 0.826. The van der Waals surface area contributed by atoms with Crippen molar-refractivity contribution >= 4 is 17.7 Å². The lowest BCUT2D eigenvalue weighted by Crippen LogP contribution is -2.51. The summed E-state index contributed by atoms with van der Waals surface area (Å²) in [4.78, 5) is 37.0. The number of Topliss-reactive ketones (excluding diaryl/α,β-unsaturated/α-hetero) is 2. The van der Waals surface area contributed by atoms with Crippen molar-refractivity contribution in [1.29, 1.82) is 0 Å². The monoisotopic (exact) mass is 361 g/mol. The second kappa shape index (κ2) is 9.48. The molecule has 1 aliphatic carbocycles. The average molecular weight is 361 g/mol. The summed E-state index contributed by atoms with van der Waals surface area (Å²) >= 11 is 0. The van der Waals surface area contributed by atoms with Gasteiger partial charge >= 0.3 is 6.09 Å². The normalized spacial score (nSPS) is 21.7. The summed E-state index contributed by atoms with van der Waals surface area (Å²) in [5, 5.41) is 12.5. The molecule has 1 fully saturated rings. The molecule has 0 heterocycles. The van der Waals surface area contributed by atoms with Crippen molar-refractivity contribution in [2.75, 3.05) is 0 Å². The highest BCUT2D eigenvalue weighted by Gasteiger charge is 2.41. The van der Waals surface area contributed by atoms with E-state index in [0.717, 1.165) is 12.0 Å². The van der Waals surface area contributed by atoms with Gasteiger partial charge in [-0.25, -0.2) is 4.79 Å². The molecule has 0 aromatic heterocycles. The molecule has 2 rings (SSSR count). The number of carbonyl (C=O) groups excluding carboxylic acids is 3. The Hall–Kier alpha value is -2.21. The lowest BCUT2D eigenvalue weighted by molar-refractivity contribution is -0.133. The van der Waals surface area contributed by atoms with Crippen LogP contribution >= 0.6 is 0 Å².